The molecule has 21 heavy (non-hydrogen) atoms. The number of nitrogens with one attached hydrogen (secondary N) is 1. The van der Waals surface area contributed by atoms with Crippen molar-refractivity contribution in [1.82, 2.24) is 15.1 Å². The number of aliphatic hydroxyl groups is 1. The van der Waals surface area contributed by atoms with E-state index >= 15 is 0 Å². The Bertz CT molecular complexity index is 484. The normalized spacial score (nSPS) is 19.9. The van der Waals surface area contributed by atoms with Crippen molar-refractivity contribution in [2.75, 3.05) is 25.0 Å². The van der Waals surface area contributed by atoms with Gasteiger partial charge in [0.1, 0.15) is 5.01 Å². The Morgan fingerprint density at radius 1 is 1.48 bits per heavy atom. The molecule has 0 aromatic carbocycles. The minimum atomic E-state index is -0.112. The van der Waals surface area contributed by atoms with E-state index in [-0.39, 0.29) is 24.0 Å². The quantitative estimate of drug-likeness (QED) is 0.864. The van der Waals surface area contributed by atoms with Crippen LogP contribution in [0, 0.1) is 0 Å². The summed E-state index contributed by atoms with van der Waals surface area (Å²) in [4.78, 5) is 14.5. The fraction of sp³-hybridized carbons (Fsp3) is 0.786. The molecule has 0 saturated carbocycles. The summed E-state index contributed by atoms with van der Waals surface area (Å²) < 4.78 is 0. The van der Waals surface area contributed by atoms with Gasteiger partial charge in [0.25, 0.3) is 0 Å². The second-order valence-electron chi connectivity index (χ2n) is 6.42. The largest absolute Gasteiger partial charge is 0.396 e. The van der Waals surface area contributed by atoms with Crippen molar-refractivity contribution in [2.24, 2.45) is 0 Å². The molecule has 118 valence electrons. The molecule has 1 atom stereocenters. The van der Waals surface area contributed by atoms with Crippen molar-refractivity contribution in [1.29, 1.82) is 0 Å². The topological polar surface area (TPSA) is 78.4 Å². The highest BCUT2D eigenvalue weighted by Gasteiger charge is 2.31. The molecule has 1 aliphatic heterocycles. The maximum Gasteiger partial charge on any atom is 0.243 e. The first-order chi connectivity index (χ1) is 9.91. The number of amides is 1. The molecule has 0 radical (unpaired) electrons. The average Bonchev–Trinajstić information content (AvgIpc) is 3.03. The van der Waals surface area contributed by atoms with Crippen LogP contribution in [0.3, 0.4) is 0 Å². The predicted octanol–water partition coefficient (Wildman–Crippen LogP) is 1.62. The van der Waals surface area contributed by atoms with E-state index < -0.39 is 0 Å². The standard InChI is InChI=1S/C14H24N4O2S/c1-14(2,3)12-16-17-13(21-12)15-11(20)10-6-4-7-18(10)8-5-9-19/h10,19H,4-9H2,1-3H3,(H,15,17,20). The lowest BCUT2D eigenvalue weighted by atomic mass is 9.98. The van der Waals surface area contributed by atoms with E-state index in [0.717, 1.165) is 30.9 Å². The molecule has 0 bridgehead atoms. The van der Waals surface area contributed by atoms with Crippen molar-refractivity contribution in [2.45, 2.75) is 51.5 Å². The highest BCUT2D eigenvalue weighted by atomic mass is 32.1. The summed E-state index contributed by atoms with van der Waals surface area (Å²) in [6.07, 6.45) is 2.59. The van der Waals surface area contributed by atoms with E-state index in [1.807, 2.05) is 0 Å². The summed E-state index contributed by atoms with van der Waals surface area (Å²) >= 11 is 1.43. The molecular formula is C14H24N4O2S. The zero-order valence-electron chi connectivity index (χ0n) is 12.9. The SMILES string of the molecule is CC(C)(C)c1nnc(NC(=O)C2CCCN2CCCO)s1. The van der Waals surface area contributed by atoms with Gasteiger partial charge in [0, 0.05) is 18.6 Å². The van der Waals surface area contributed by atoms with E-state index in [9.17, 15) is 4.79 Å². The molecule has 1 amide bonds. The molecule has 1 aromatic heterocycles. The summed E-state index contributed by atoms with van der Waals surface area (Å²) in [5.74, 6) is -0.0120. The molecule has 7 heteroatoms. The second kappa shape index (κ2) is 6.81. The Hall–Kier alpha value is -1.05. The van der Waals surface area contributed by atoms with Crippen LogP contribution in [-0.2, 0) is 10.2 Å². The molecule has 1 aliphatic rings. The van der Waals surface area contributed by atoms with Gasteiger partial charge in [-0.05, 0) is 25.8 Å². The highest BCUT2D eigenvalue weighted by Crippen LogP contribution is 2.28. The molecule has 1 fully saturated rings. The lowest BCUT2D eigenvalue weighted by molar-refractivity contribution is -0.120. The van der Waals surface area contributed by atoms with E-state index in [1.165, 1.54) is 11.3 Å². The van der Waals surface area contributed by atoms with Gasteiger partial charge in [0.2, 0.25) is 11.0 Å². The Morgan fingerprint density at radius 3 is 2.86 bits per heavy atom. The lowest BCUT2D eigenvalue weighted by Crippen LogP contribution is -2.40. The summed E-state index contributed by atoms with van der Waals surface area (Å²) in [5.41, 5.74) is -0.0544. The first-order valence-electron chi connectivity index (χ1n) is 7.41. The van der Waals surface area contributed by atoms with Crippen molar-refractivity contribution in [3.8, 4) is 0 Å². The maximum absolute atomic E-state index is 12.4. The third kappa shape index (κ3) is 4.21. The minimum absolute atomic E-state index is 0.0120. The Labute approximate surface area is 129 Å². The number of hydrogen-bond donors (Lipinski definition) is 2. The van der Waals surface area contributed by atoms with Crippen LogP contribution in [0.5, 0.6) is 0 Å². The first-order valence-corrected chi connectivity index (χ1v) is 8.23. The number of aliphatic hydroxyl groups excluding tert-OH is 1. The monoisotopic (exact) mass is 312 g/mol. The van der Waals surface area contributed by atoms with Crippen LogP contribution in [0.2, 0.25) is 0 Å². The molecule has 2 rings (SSSR count). The van der Waals surface area contributed by atoms with Crippen molar-refractivity contribution < 1.29 is 9.90 Å². The average molecular weight is 312 g/mol. The molecule has 1 unspecified atom stereocenters. The zero-order valence-corrected chi connectivity index (χ0v) is 13.7. The summed E-state index contributed by atoms with van der Waals surface area (Å²) in [6, 6.07) is -0.112. The molecular weight excluding hydrogens is 288 g/mol. The number of carbonyl (C=O) groups is 1. The molecule has 0 spiro atoms. The van der Waals surface area contributed by atoms with Crippen LogP contribution >= 0.6 is 11.3 Å². The number of carbonyl (C=O) groups excluding carboxylic acids is 1. The van der Waals surface area contributed by atoms with Crippen LogP contribution in [0.4, 0.5) is 5.13 Å². The zero-order chi connectivity index (χ0) is 15.5. The molecule has 1 saturated heterocycles. The van der Waals surface area contributed by atoms with Crippen molar-refractivity contribution >= 4 is 22.4 Å². The Morgan fingerprint density at radius 2 is 2.24 bits per heavy atom. The molecule has 2 N–H and O–H groups in total. The minimum Gasteiger partial charge on any atom is -0.396 e. The first kappa shape index (κ1) is 16.3. The number of aromatic nitrogens is 2. The third-order valence-electron chi connectivity index (χ3n) is 3.57. The van der Waals surface area contributed by atoms with Crippen molar-refractivity contribution in [3.05, 3.63) is 5.01 Å². The number of nitrogens with zero attached hydrogens (tertiary/aromatic N) is 3. The van der Waals surface area contributed by atoms with Gasteiger partial charge >= 0.3 is 0 Å². The molecule has 1 aromatic rings. The van der Waals surface area contributed by atoms with Gasteiger partial charge in [0.05, 0.1) is 6.04 Å². The number of likely N-dealkylation sites (tertiary alicyclic amines) is 1. The van der Waals surface area contributed by atoms with Crippen LogP contribution in [0.1, 0.15) is 45.0 Å². The van der Waals surface area contributed by atoms with E-state index in [4.69, 9.17) is 5.11 Å². The van der Waals surface area contributed by atoms with Gasteiger partial charge in [-0.1, -0.05) is 32.1 Å². The van der Waals surface area contributed by atoms with E-state index in [0.29, 0.717) is 11.6 Å². The van der Waals surface area contributed by atoms with Gasteiger partial charge in [-0.15, -0.1) is 10.2 Å². The van der Waals surface area contributed by atoms with Crippen LogP contribution in [0.15, 0.2) is 0 Å². The third-order valence-corrected chi connectivity index (χ3v) is 4.83. The Kier molecular flexibility index (Phi) is 5.29. The van der Waals surface area contributed by atoms with Crippen LogP contribution in [0.25, 0.3) is 0 Å². The smallest absolute Gasteiger partial charge is 0.243 e. The lowest BCUT2D eigenvalue weighted by Gasteiger charge is -2.22. The number of anilines is 1. The van der Waals surface area contributed by atoms with E-state index in [2.05, 4.69) is 41.2 Å². The number of hydrogen-bond acceptors (Lipinski definition) is 6. The second-order valence-corrected chi connectivity index (χ2v) is 7.40. The Balaban J connectivity index is 1.96. The molecule has 6 nitrogen and oxygen atoms in total. The fourth-order valence-electron chi connectivity index (χ4n) is 2.43. The highest BCUT2D eigenvalue weighted by molar-refractivity contribution is 7.15. The molecule has 2 heterocycles. The fourth-order valence-corrected chi connectivity index (χ4v) is 3.23. The summed E-state index contributed by atoms with van der Waals surface area (Å²) in [5, 5.41) is 21.5. The van der Waals surface area contributed by atoms with Gasteiger partial charge in [-0.3, -0.25) is 15.0 Å². The van der Waals surface area contributed by atoms with Gasteiger partial charge < -0.3 is 5.11 Å². The summed E-state index contributed by atoms with van der Waals surface area (Å²) in [7, 11) is 0. The van der Waals surface area contributed by atoms with Gasteiger partial charge in [0.15, 0.2) is 0 Å². The predicted molar refractivity (Wildman–Crippen MR) is 83.5 cm³/mol. The van der Waals surface area contributed by atoms with Crippen molar-refractivity contribution in [3.63, 3.8) is 0 Å². The van der Waals surface area contributed by atoms with Crippen LogP contribution in [-0.4, -0.2) is 51.8 Å². The van der Waals surface area contributed by atoms with E-state index in [1.54, 1.807) is 0 Å². The van der Waals surface area contributed by atoms with Gasteiger partial charge in [-0.25, -0.2) is 0 Å². The van der Waals surface area contributed by atoms with Gasteiger partial charge in [-0.2, -0.15) is 0 Å². The molecule has 0 aliphatic carbocycles. The maximum atomic E-state index is 12.4. The van der Waals surface area contributed by atoms with Crippen LogP contribution < -0.4 is 5.32 Å². The summed E-state index contributed by atoms with van der Waals surface area (Å²) in [6.45, 7) is 8.07. The number of rotatable bonds is 5.